The second-order valence-corrected chi connectivity index (χ2v) is 4.61. The van der Waals surface area contributed by atoms with Crippen molar-refractivity contribution in [3.63, 3.8) is 0 Å². The first-order chi connectivity index (χ1) is 9.90. The average Bonchev–Trinajstić information content (AvgIpc) is 2.91. The first-order valence-electron chi connectivity index (χ1n) is 6.24. The SMILES string of the molecule is Cc1ccc(F)c(NC(=O)c2ccnn2C(C)C(=O)O)c1. The van der Waals surface area contributed by atoms with Crippen molar-refractivity contribution in [1.29, 1.82) is 0 Å². The minimum Gasteiger partial charge on any atom is -0.480 e. The van der Waals surface area contributed by atoms with Gasteiger partial charge in [-0.15, -0.1) is 0 Å². The lowest BCUT2D eigenvalue weighted by Gasteiger charge is -2.12. The van der Waals surface area contributed by atoms with Crippen molar-refractivity contribution in [3.05, 3.63) is 47.5 Å². The molecule has 0 radical (unpaired) electrons. The minimum absolute atomic E-state index is 0.0377. The Kier molecular flexibility index (Phi) is 4.02. The summed E-state index contributed by atoms with van der Waals surface area (Å²) in [5.41, 5.74) is 0.876. The standard InChI is InChI=1S/C14H14FN3O3/c1-8-3-4-10(15)11(7-8)17-13(19)12-5-6-16-18(12)9(2)14(20)21/h3-7,9H,1-2H3,(H,17,19)(H,20,21). The van der Waals surface area contributed by atoms with E-state index in [9.17, 15) is 14.0 Å². The van der Waals surface area contributed by atoms with Gasteiger partial charge in [-0.05, 0) is 37.6 Å². The summed E-state index contributed by atoms with van der Waals surface area (Å²) >= 11 is 0. The van der Waals surface area contributed by atoms with Crippen LogP contribution < -0.4 is 5.32 Å². The molecule has 6 nitrogen and oxygen atoms in total. The van der Waals surface area contributed by atoms with E-state index in [1.165, 1.54) is 31.3 Å². The molecule has 2 aromatic rings. The largest absolute Gasteiger partial charge is 0.480 e. The highest BCUT2D eigenvalue weighted by molar-refractivity contribution is 6.03. The minimum atomic E-state index is -1.12. The quantitative estimate of drug-likeness (QED) is 0.904. The number of carbonyl (C=O) groups excluding carboxylic acids is 1. The zero-order chi connectivity index (χ0) is 15.6. The number of hydrogen-bond acceptors (Lipinski definition) is 3. The topological polar surface area (TPSA) is 84.2 Å². The van der Waals surface area contributed by atoms with Crippen LogP contribution in [0.25, 0.3) is 0 Å². The van der Waals surface area contributed by atoms with Crippen LogP contribution in [0.15, 0.2) is 30.5 Å². The van der Waals surface area contributed by atoms with Gasteiger partial charge in [-0.25, -0.2) is 13.9 Å². The number of carbonyl (C=O) groups is 2. The number of nitrogens with one attached hydrogen (secondary N) is 1. The number of carboxylic acids is 1. The number of aryl methyl sites for hydroxylation is 1. The number of nitrogens with zero attached hydrogens (tertiary/aromatic N) is 2. The van der Waals surface area contributed by atoms with E-state index in [2.05, 4.69) is 10.4 Å². The van der Waals surface area contributed by atoms with Crippen molar-refractivity contribution >= 4 is 17.6 Å². The lowest BCUT2D eigenvalue weighted by atomic mass is 10.2. The van der Waals surface area contributed by atoms with Crippen molar-refractivity contribution < 1.29 is 19.1 Å². The Bertz CT molecular complexity index is 697. The number of rotatable bonds is 4. The summed E-state index contributed by atoms with van der Waals surface area (Å²) in [6.07, 6.45) is 1.32. The maximum absolute atomic E-state index is 13.6. The highest BCUT2D eigenvalue weighted by Gasteiger charge is 2.21. The molecule has 2 N–H and O–H groups in total. The van der Waals surface area contributed by atoms with Crippen molar-refractivity contribution in [3.8, 4) is 0 Å². The predicted octanol–water partition coefficient (Wildman–Crippen LogP) is 2.23. The zero-order valence-corrected chi connectivity index (χ0v) is 11.5. The molecule has 0 saturated heterocycles. The predicted molar refractivity (Wildman–Crippen MR) is 73.7 cm³/mol. The number of benzene rings is 1. The van der Waals surface area contributed by atoms with Gasteiger partial charge in [0.1, 0.15) is 17.6 Å². The van der Waals surface area contributed by atoms with E-state index in [0.29, 0.717) is 0 Å². The Morgan fingerprint density at radius 2 is 2.10 bits per heavy atom. The molecule has 1 aromatic carbocycles. The Hall–Kier alpha value is -2.70. The van der Waals surface area contributed by atoms with Crippen LogP contribution in [-0.4, -0.2) is 26.8 Å². The van der Waals surface area contributed by atoms with Crippen molar-refractivity contribution in [2.45, 2.75) is 19.9 Å². The highest BCUT2D eigenvalue weighted by atomic mass is 19.1. The van der Waals surface area contributed by atoms with Crippen LogP contribution in [0, 0.1) is 12.7 Å². The van der Waals surface area contributed by atoms with E-state index in [4.69, 9.17) is 5.11 Å². The molecule has 0 saturated carbocycles. The molecule has 0 fully saturated rings. The van der Waals surface area contributed by atoms with Crippen molar-refractivity contribution in [2.75, 3.05) is 5.32 Å². The van der Waals surface area contributed by atoms with Gasteiger partial charge >= 0.3 is 5.97 Å². The van der Waals surface area contributed by atoms with Gasteiger partial charge in [0.05, 0.1) is 5.69 Å². The van der Waals surface area contributed by atoms with Crippen LogP contribution >= 0.6 is 0 Å². The van der Waals surface area contributed by atoms with Crippen LogP contribution in [0.5, 0.6) is 0 Å². The lowest BCUT2D eigenvalue weighted by Crippen LogP contribution is -2.24. The second-order valence-electron chi connectivity index (χ2n) is 4.61. The van der Waals surface area contributed by atoms with Gasteiger partial charge in [-0.3, -0.25) is 4.79 Å². The molecule has 21 heavy (non-hydrogen) atoms. The number of amides is 1. The van der Waals surface area contributed by atoms with Crippen LogP contribution in [0.4, 0.5) is 10.1 Å². The summed E-state index contributed by atoms with van der Waals surface area (Å²) in [5.74, 6) is -2.30. The fourth-order valence-electron chi connectivity index (χ4n) is 1.83. The number of carboxylic acid groups (broad SMARTS) is 1. The van der Waals surface area contributed by atoms with Gasteiger partial charge in [0.25, 0.3) is 5.91 Å². The highest BCUT2D eigenvalue weighted by Crippen LogP contribution is 2.17. The molecule has 0 aliphatic carbocycles. The molecule has 1 atom stereocenters. The third kappa shape index (κ3) is 3.07. The van der Waals surface area contributed by atoms with Gasteiger partial charge in [0.2, 0.25) is 0 Å². The fraction of sp³-hybridized carbons (Fsp3) is 0.214. The summed E-state index contributed by atoms with van der Waals surface area (Å²) in [6.45, 7) is 3.17. The molecule has 1 heterocycles. The van der Waals surface area contributed by atoms with Gasteiger partial charge in [-0.2, -0.15) is 5.10 Å². The van der Waals surface area contributed by atoms with E-state index < -0.39 is 23.7 Å². The lowest BCUT2D eigenvalue weighted by molar-refractivity contribution is -0.140. The number of halogens is 1. The Balaban J connectivity index is 2.27. The Morgan fingerprint density at radius 3 is 2.76 bits per heavy atom. The van der Waals surface area contributed by atoms with Crippen LogP contribution in [-0.2, 0) is 4.79 Å². The first kappa shape index (κ1) is 14.7. The number of aliphatic carboxylic acids is 1. The number of hydrogen-bond donors (Lipinski definition) is 2. The Morgan fingerprint density at radius 1 is 1.38 bits per heavy atom. The molecule has 110 valence electrons. The first-order valence-corrected chi connectivity index (χ1v) is 6.24. The summed E-state index contributed by atoms with van der Waals surface area (Å²) in [7, 11) is 0. The second kappa shape index (κ2) is 5.74. The van der Waals surface area contributed by atoms with Gasteiger partial charge in [0, 0.05) is 6.20 Å². The molecule has 1 amide bonds. The maximum atomic E-state index is 13.6. The summed E-state index contributed by atoms with van der Waals surface area (Å²) < 4.78 is 14.7. The summed E-state index contributed by atoms with van der Waals surface area (Å²) in [5, 5.41) is 15.2. The van der Waals surface area contributed by atoms with E-state index in [1.807, 2.05) is 0 Å². The molecule has 2 rings (SSSR count). The molecule has 0 aliphatic rings. The van der Waals surface area contributed by atoms with Crippen LogP contribution in [0.3, 0.4) is 0 Å². The van der Waals surface area contributed by atoms with Gasteiger partial charge in [-0.1, -0.05) is 6.07 Å². The monoisotopic (exact) mass is 291 g/mol. The zero-order valence-electron chi connectivity index (χ0n) is 11.5. The van der Waals surface area contributed by atoms with Crippen molar-refractivity contribution in [2.24, 2.45) is 0 Å². The maximum Gasteiger partial charge on any atom is 0.328 e. The van der Waals surface area contributed by atoms with Crippen molar-refractivity contribution in [1.82, 2.24) is 9.78 Å². The third-order valence-corrected chi connectivity index (χ3v) is 3.00. The molecule has 1 aromatic heterocycles. The van der Waals surface area contributed by atoms with Gasteiger partial charge < -0.3 is 10.4 Å². The molecule has 0 aliphatic heterocycles. The van der Waals surface area contributed by atoms with E-state index in [0.717, 1.165) is 10.2 Å². The van der Waals surface area contributed by atoms with Gasteiger partial charge in [0.15, 0.2) is 0 Å². The van der Waals surface area contributed by atoms with Crippen LogP contribution in [0.2, 0.25) is 0 Å². The van der Waals surface area contributed by atoms with E-state index in [1.54, 1.807) is 13.0 Å². The Labute approximate surface area is 120 Å². The summed E-state index contributed by atoms with van der Waals surface area (Å²) in [4.78, 5) is 23.1. The van der Waals surface area contributed by atoms with Crippen LogP contribution in [0.1, 0.15) is 29.0 Å². The average molecular weight is 291 g/mol. The third-order valence-electron chi connectivity index (χ3n) is 3.00. The normalized spacial score (nSPS) is 12.0. The molecular weight excluding hydrogens is 277 g/mol. The number of anilines is 1. The smallest absolute Gasteiger partial charge is 0.328 e. The summed E-state index contributed by atoms with van der Waals surface area (Å²) in [6, 6.07) is 4.71. The molecular formula is C14H14FN3O3. The molecule has 0 spiro atoms. The van der Waals surface area contributed by atoms with E-state index in [-0.39, 0.29) is 11.4 Å². The molecule has 1 unspecified atom stereocenters. The molecule has 0 bridgehead atoms. The molecule has 7 heteroatoms. The fourth-order valence-corrected chi connectivity index (χ4v) is 1.83. The number of aromatic nitrogens is 2. The van der Waals surface area contributed by atoms with E-state index >= 15 is 0 Å².